The van der Waals surface area contributed by atoms with Gasteiger partial charge in [-0.3, -0.25) is 0 Å². The van der Waals surface area contributed by atoms with Gasteiger partial charge in [-0.25, -0.2) is 28.8 Å². The number of carbonyl (C=O) groups is 3. The SMILES string of the molecule is CC(C)(C)OC(=O)NN(C(=O)OC(C)(C)C)[C@@H](C=O)Cc1cc(F)cc(F)c1. The van der Waals surface area contributed by atoms with Crippen LogP contribution in [0.4, 0.5) is 18.4 Å². The maximum Gasteiger partial charge on any atom is 0.429 e. The van der Waals surface area contributed by atoms with Crippen LogP contribution < -0.4 is 5.43 Å². The number of hydrazine groups is 1. The molecular weight excluding hydrogens is 374 g/mol. The van der Waals surface area contributed by atoms with E-state index in [1.165, 1.54) is 0 Å². The van der Waals surface area contributed by atoms with Gasteiger partial charge < -0.3 is 14.3 Å². The lowest BCUT2D eigenvalue weighted by molar-refractivity contribution is -0.113. The Bertz CT molecular complexity index is 706. The summed E-state index contributed by atoms with van der Waals surface area (Å²) in [5.41, 5.74) is 0.526. The zero-order chi connectivity index (χ0) is 21.7. The molecule has 0 heterocycles. The summed E-state index contributed by atoms with van der Waals surface area (Å²) < 4.78 is 37.2. The molecule has 0 saturated heterocycles. The normalized spacial score (nSPS) is 12.7. The molecule has 2 amide bonds. The summed E-state index contributed by atoms with van der Waals surface area (Å²) in [7, 11) is 0. The number of ether oxygens (including phenoxy) is 2. The molecule has 0 saturated carbocycles. The van der Waals surface area contributed by atoms with E-state index in [1.54, 1.807) is 41.5 Å². The third-order valence-corrected chi connectivity index (χ3v) is 3.06. The molecule has 0 aromatic heterocycles. The van der Waals surface area contributed by atoms with Gasteiger partial charge >= 0.3 is 12.2 Å². The highest BCUT2D eigenvalue weighted by molar-refractivity contribution is 5.78. The van der Waals surface area contributed by atoms with E-state index in [2.05, 4.69) is 5.43 Å². The van der Waals surface area contributed by atoms with Crippen molar-refractivity contribution < 1.29 is 32.6 Å². The maximum absolute atomic E-state index is 13.4. The molecule has 1 N–H and O–H groups in total. The first kappa shape index (κ1) is 23.3. The zero-order valence-electron chi connectivity index (χ0n) is 16.8. The summed E-state index contributed by atoms with van der Waals surface area (Å²) in [5.74, 6) is -1.66. The summed E-state index contributed by atoms with van der Waals surface area (Å²) in [6.45, 7) is 9.68. The Labute approximate surface area is 162 Å². The van der Waals surface area contributed by atoms with Crippen LogP contribution in [0, 0.1) is 11.6 Å². The average Bonchev–Trinajstić information content (AvgIpc) is 2.46. The van der Waals surface area contributed by atoms with Crippen LogP contribution in [0.25, 0.3) is 0 Å². The predicted molar refractivity (Wildman–Crippen MR) is 97.4 cm³/mol. The molecule has 7 nitrogen and oxygen atoms in total. The Kier molecular flexibility index (Phi) is 7.49. The smallest absolute Gasteiger partial charge is 0.429 e. The Balaban J connectivity index is 3.12. The van der Waals surface area contributed by atoms with Gasteiger partial charge in [-0.05, 0) is 59.2 Å². The van der Waals surface area contributed by atoms with Crippen molar-refractivity contribution in [1.82, 2.24) is 10.4 Å². The molecule has 0 spiro atoms. The summed E-state index contributed by atoms with van der Waals surface area (Å²) in [5, 5.41) is 0.648. The van der Waals surface area contributed by atoms with Crippen molar-refractivity contribution in [2.24, 2.45) is 0 Å². The zero-order valence-corrected chi connectivity index (χ0v) is 16.8. The van der Waals surface area contributed by atoms with E-state index in [-0.39, 0.29) is 12.0 Å². The van der Waals surface area contributed by atoms with Gasteiger partial charge in [-0.2, -0.15) is 0 Å². The lowest BCUT2D eigenvalue weighted by Crippen LogP contribution is -2.55. The number of rotatable bonds is 4. The highest BCUT2D eigenvalue weighted by Gasteiger charge is 2.31. The van der Waals surface area contributed by atoms with Crippen LogP contribution in [0.15, 0.2) is 18.2 Å². The van der Waals surface area contributed by atoms with Crippen LogP contribution in [-0.4, -0.2) is 40.7 Å². The van der Waals surface area contributed by atoms with Gasteiger partial charge in [-0.15, -0.1) is 0 Å². The highest BCUT2D eigenvalue weighted by Crippen LogP contribution is 2.16. The first-order chi connectivity index (χ1) is 12.7. The molecule has 1 aromatic carbocycles. The number of benzene rings is 1. The second-order valence-electron chi connectivity index (χ2n) is 8.15. The molecular formula is C19H26F2N2O5. The van der Waals surface area contributed by atoms with E-state index in [0.717, 1.165) is 12.1 Å². The van der Waals surface area contributed by atoms with Gasteiger partial charge in [0, 0.05) is 12.5 Å². The van der Waals surface area contributed by atoms with Crippen molar-refractivity contribution in [1.29, 1.82) is 0 Å². The third kappa shape index (κ3) is 8.32. The standard InChI is InChI=1S/C19H26F2N2O5/c1-18(2,3)27-16(25)22-23(17(26)28-19(4,5)6)15(11-24)9-12-7-13(20)10-14(21)8-12/h7-8,10-11,15H,9H2,1-6H3,(H,22,25)/t15-/m1/s1. The number of nitrogens with one attached hydrogen (secondary N) is 1. The molecule has 0 bridgehead atoms. The molecule has 0 aliphatic heterocycles. The molecule has 1 atom stereocenters. The number of carbonyl (C=O) groups excluding carboxylic acids is 3. The van der Waals surface area contributed by atoms with Gasteiger partial charge in [0.15, 0.2) is 0 Å². The van der Waals surface area contributed by atoms with E-state index in [4.69, 9.17) is 9.47 Å². The second-order valence-corrected chi connectivity index (χ2v) is 8.15. The number of halogens is 2. The van der Waals surface area contributed by atoms with Crippen molar-refractivity contribution in [3.63, 3.8) is 0 Å². The lowest BCUT2D eigenvalue weighted by atomic mass is 10.1. The maximum atomic E-state index is 13.4. The molecule has 0 unspecified atom stereocenters. The quantitative estimate of drug-likeness (QED) is 0.615. The minimum absolute atomic E-state index is 0.120. The molecule has 0 fully saturated rings. The Morgan fingerprint density at radius 1 is 1.04 bits per heavy atom. The Hall–Kier alpha value is -2.71. The van der Waals surface area contributed by atoms with Crippen molar-refractivity contribution in [2.45, 2.75) is 65.2 Å². The largest absolute Gasteiger partial charge is 0.443 e. The summed E-state index contributed by atoms with van der Waals surface area (Å²) in [6.07, 6.45) is -1.90. The number of nitrogens with zero attached hydrogens (tertiary/aromatic N) is 1. The highest BCUT2D eigenvalue weighted by atomic mass is 19.1. The van der Waals surface area contributed by atoms with Crippen LogP contribution >= 0.6 is 0 Å². The fourth-order valence-corrected chi connectivity index (χ4v) is 2.14. The van der Waals surface area contributed by atoms with E-state index in [9.17, 15) is 23.2 Å². The number of aldehydes is 1. The van der Waals surface area contributed by atoms with E-state index in [1.807, 2.05) is 0 Å². The molecule has 1 aromatic rings. The molecule has 1 rings (SSSR count). The number of amides is 2. The van der Waals surface area contributed by atoms with E-state index >= 15 is 0 Å². The van der Waals surface area contributed by atoms with Crippen molar-refractivity contribution >= 4 is 18.5 Å². The molecule has 0 radical (unpaired) electrons. The summed E-state index contributed by atoms with van der Waals surface area (Å²) in [4.78, 5) is 36.2. The van der Waals surface area contributed by atoms with Gasteiger partial charge in [0.25, 0.3) is 0 Å². The Morgan fingerprint density at radius 2 is 1.54 bits per heavy atom. The number of hydrogen-bond acceptors (Lipinski definition) is 5. The van der Waals surface area contributed by atoms with Crippen LogP contribution in [0.3, 0.4) is 0 Å². The first-order valence-corrected chi connectivity index (χ1v) is 8.62. The molecule has 156 valence electrons. The lowest BCUT2D eigenvalue weighted by Gasteiger charge is -2.31. The molecule has 28 heavy (non-hydrogen) atoms. The van der Waals surface area contributed by atoms with Gasteiger partial charge in [0.2, 0.25) is 0 Å². The topological polar surface area (TPSA) is 84.9 Å². The van der Waals surface area contributed by atoms with Crippen molar-refractivity contribution in [2.75, 3.05) is 0 Å². The van der Waals surface area contributed by atoms with Crippen LogP contribution in [0.5, 0.6) is 0 Å². The first-order valence-electron chi connectivity index (χ1n) is 8.62. The van der Waals surface area contributed by atoms with Crippen LogP contribution in [0.1, 0.15) is 47.1 Å². The number of hydrogen-bond donors (Lipinski definition) is 1. The van der Waals surface area contributed by atoms with Crippen LogP contribution in [0.2, 0.25) is 0 Å². The fraction of sp³-hybridized carbons (Fsp3) is 0.526. The third-order valence-electron chi connectivity index (χ3n) is 3.06. The van der Waals surface area contributed by atoms with Gasteiger partial charge in [-0.1, -0.05) is 0 Å². The molecule has 9 heteroatoms. The van der Waals surface area contributed by atoms with E-state index in [0.29, 0.717) is 17.4 Å². The fourth-order valence-electron chi connectivity index (χ4n) is 2.14. The minimum Gasteiger partial charge on any atom is -0.443 e. The second kappa shape index (κ2) is 8.99. The van der Waals surface area contributed by atoms with Crippen molar-refractivity contribution in [3.05, 3.63) is 35.4 Å². The summed E-state index contributed by atoms with van der Waals surface area (Å²) in [6, 6.07) is 1.45. The minimum atomic E-state index is -1.29. The Morgan fingerprint density at radius 3 is 1.96 bits per heavy atom. The monoisotopic (exact) mass is 400 g/mol. The predicted octanol–water partition coefficient (Wildman–Crippen LogP) is 3.75. The van der Waals surface area contributed by atoms with E-state index < -0.39 is 41.1 Å². The molecule has 0 aliphatic carbocycles. The molecule has 0 aliphatic rings. The van der Waals surface area contributed by atoms with Crippen molar-refractivity contribution in [3.8, 4) is 0 Å². The average molecular weight is 400 g/mol. The van der Waals surface area contributed by atoms with Gasteiger partial charge in [0.05, 0.1) is 0 Å². The van der Waals surface area contributed by atoms with Crippen LogP contribution in [-0.2, 0) is 20.7 Å². The van der Waals surface area contributed by atoms with Gasteiger partial charge in [0.1, 0.15) is 35.2 Å². The summed E-state index contributed by atoms with van der Waals surface area (Å²) >= 11 is 0.